The first-order valence-corrected chi connectivity index (χ1v) is 5.63. The molecule has 7 nitrogen and oxygen atoms in total. The van der Waals surface area contributed by atoms with Gasteiger partial charge in [0.1, 0.15) is 18.2 Å². The molecule has 1 heterocycles. The minimum atomic E-state index is -0.426. The Morgan fingerprint density at radius 3 is 2.67 bits per heavy atom. The molecule has 0 fully saturated rings. The number of nitrogen functional groups attached to an aromatic ring is 1. The minimum absolute atomic E-state index is 0.0124. The molecular weight excluding hydrogens is 234 g/mol. The van der Waals surface area contributed by atoms with Crippen molar-refractivity contribution in [3.8, 4) is 0 Å². The normalized spacial score (nSPS) is 11.4. The van der Waals surface area contributed by atoms with Gasteiger partial charge in [-0.1, -0.05) is 0 Å². The molecule has 1 aromatic heterocycles. The summed E-state index contributed by atoms with van der Waals surface area (Å²) in [5, 5.41) is 9.37. The van der Waals surface area contributed by atoms with Crippen LogP contribution >= 0.6 is 0 Å². The Morgan fingerprint density at radius 2 is 2.17 bits per heavy atom. The highest BCUT2D eigenvalue weighted by atomic mass is 16.5. The molecule has 102 valence electrons. The Morgan fingerprint density at radius 1 is 1.50 bits per heavy atom. The van der Waals surface area contributed by atoms with Gasteiger partial charge < -0.3 is 20.2 Å². The van der Waals surface area contributed by atoms with Gasteiger partial charge in [0.15, 0.2) is 5.82 Å². The van der Waals surface area contributed by atoms with Crippen LogP contribution in [0.4, 0.5) is 11.6 Å². The lowest BCUT2D eigenvalue weighted by atomic mass is 10.1. The van der Waals surface area contributed by atoms with Gasteiger partial charge in [-0.05, 0) is 13.8 Å². The van der Waals surface area contributed by atoms with E-state index < -0.39 is 5.54 Å². The summed E-state index contributed by atoms with van der Waals surface area (Å²) in [6, 6.07) is 1.72. The summed E-state index contributed by atoms with van der Waals surface area (Å²) in [6.45, 7) is 4.15. The van der Waals surface area contributed by atoms with Gasteiger partial charge >= 0.3 is 0 Å². The fraction of sp³-hybridized carbons (Fsp3) is 0.636. The maximum Gasteiger partial charge on any atom is 0.158 e. The van der Waals surface area contributed by atoms with E-state index in [1.807, 2.05) is 25.8 Å². The SMILES string of the molecule is COCc1nc(NN)cc(N(C)C(C)(C)CO)n1. The fourth-order valence-electron chi connectivity index (χ4n) is 1.34. The summed E-state index contributed by atoms with van der Waals surface area (Å²) in [4.78, 5) is 10.4. The number of aliphatic hydroxyl groups is 1. The summed E-state index contributed by atoms with van der Waals surface area (Å²) in [5.74, 6) is 7.09. The van der Waals surface area contributed by atoms with E-state index in [1.54, 1.807) is 13.2 Å². The highest BCUT2D eigenvalue weighted by Gasteiger charge is 2.24. The number of ether oxygens (including phenoxy) is 1. The van der Waals surface area contributed by atoms with E-state index in [1.165, 1.54) is 0 Å². The van der Waals surface area contributed by atoms with Crippen molar-refractivity contribution >= 4 is 11.6 Å². The molecule has 0 spiro atoms. The van der Waals surface area contributed by atoms with E-state index >= 15 is 0 Å². The van der Waals surface area contributed by atoms with Crippen LogP contribution in [0.15, 0.2) is 6.07 Å². The Kier molecular flexibility index (Phi) is 4.83. The van der Waals surface area contributed by atoms with Crippen molar-refractivity contribution in [1.82, 2.24) is 9.97 Å². The second kappa shape index (κ2) is 5.94. The van der Waals surface area contributed by atoms with Gasteiger partial charge in [0, 0.05) is 20.2 Å². The van der Waals surface area contributed by atoms with Crippen molar-refractivity contribution in [2.45, 2.75) is 26.0 Å². The van der Waals surface area contributed by atoms with Crippen LogP contribution in [-0.2, 0) is 11.3 Å². The van der Waals surface area contributed by atoms with Crippen LogP contribution < -0.4 is 16.2 Å². The molecule has 0 aliphatic carbocycles. The first-order valence-electron chi connectivity index (χ1n) is 5.63. The lowest BCUT2D eigenvalue weighted by Gasteiger charge is -2.35. The van der Waals surface area contributed by atoms with Gasteiger partial charge in [-0.3, -0.25) is 0 Å². The zero-order valence-corrected chi connectivity index (χ0v) is 11.3. The molecule has 1 aromatic rings. The number of nitrogens with zero attached hydrogens (tertiary/aromatic N) is 3. The van der Waals surface area contributed by atoms with E-state index in [4.69, 9.17) is 10.6 Å². The number of nitrogens with one attached hydrogen (secondary N) is 1. The van der Waals surface area contributed by atoms with E-state index in [0.717, 1.165) is 0 Å². The zero-order chi connectivity index (χ0) is 13.8. The van der Waals surface area contributed by atoms with Gasteiger partial charge in [-0.2, -0.15) is 0 Å². The summed E-state index contributed by atoms with van der Waals surface area (Å²) in [5.41, 5.74) is 2.07. The van der Waals surface area contributed by atoms with Crippen LogP contribution in [0.3, 0.4) is 0 Å². The zero-order valence-electron chi connectivity index (χ0n) is 11.3. The fourth-order valence-corrected chi connectivity index (χ4v) is 1.34. The summed E-state index contributed by atoms with van der Waals surface area (Å²) in [6.07, 6.45) is 0. The van der Waals surface area contributed by atoms with Crippen molar-refractivity contribution in [1.29, 1.82) is 0 Å². The average Bonchev–Trinajstić information content (AvgIpc) is 2.37. The molecule has 0 bridgehead atoms. The van der Waals surface area contributed by atoms with Crippen LogP contribution in [-0.4, -0.2) is 41.4 Å². The molecule has 18 heavy (non-hydrogen) atoms. The van der Waals surface area contributed by atoms with Crippen molar-refractivity contribution in [2.75, 3.05) is 31.1 Å². The lowest BCUT2D eigenvalue weighted by Crippen LogP contribution is -2.45. The van der Waals surface area contributed by atoms with Gasteiger partial charge in [0.05, 0.1) is 12.1 Å². The Hall–Kier alpha value is -1.44. The third-order valence-electron chi connectivity index (χ3n) is 2.82. The second-order valence-electron chi connectivity index (χ2n) is 4.63. The van der Waals surface area contributed by atoms with Gasteiger partial charge in [-0.15, -0.1) is 0 Å². The summed E-state index contributed by atoms with van der Waals surface area (Å²) < 4.78 is 5.01. The number of nitrogens with two attached hydrogens (primary N) is 1. The van der Waals surface area contributed by atoms with Crippen molar-refractivity contribution in [3.63, 3.8) is 0 Å². The quantitative estimate of drug-likeness (QED) is 0.490. The third kappa shape index (κ3) is 3.28. The number of hydrazine groups is 1. The van der Waals surface area contributed by atoms with Gasteiger partial charge in [0.25, 0.3) is 0 Å². The van der Waals surface area contributed by atoms with Gasteiger partial charge in [0.2, 0.25) is 0 Å². The van der Waals surface area contributed by atoms with Crippen LogP contribution in [0.5, 0.6) is 0 Å². The summed E-state index contributed by atoms with van der Waals surface area (Å²) in [7, 11) is 3.43. The van der Waals surface area contributed by atoms with Crippen molar-refractivity contribution in [3.05, 3.63) is 11.9 Å². The lowest BCUT2D eigenvalue weighted by molar-refractivity contribution is 0.177. The number of hydrogen-bond donors (Lipinski definition) is 3. The monoisotopic (exact) mass is 255 g/mol. The molecular formula is C11H21N5O2. The molecule has 7 heteroatoms. The number of aliphatic hydroxyl groups excluding tert-OH is 1. The molecule has 0 aliphatic rings. The van der Waals surface area contributed by atoms with E-state index in [0.29, 0.717) is 24.1 Å². The van der Waals surface area contributed by atoms with Crippen LogP contribution in [0.2, 0.25) is 0 Å². The Bertz CT molecular complexity index is 397. The molecule has 0 saturated heterocycles. The van der Waals surface area contributed by atoms with E-state index in [2.05, 4.69) is 15.4 Å². The van der Waals surface area contributed by atoms with Crippen LogP contribution in [0.1, 0.15) is 19.7 Å². The number of anilines is 2. The topological polar surface area (TPSA) is 96.5 Å². The number of rotatable bonds is 6. The predicted octanol–water partition coefficient (Wildman–Crippen LogP) is 0.116. The van der Waals surface area contributed by atoms with Crippen LogP contribution in [0, 0.1) is 0 Å². The number of methoxy groups -OCH3 is 1. The minimum Gasteiger partial charge on any atom is -0.394 e. The molecule has 0 saturated carbocycles. The first-order chi connectivity index (χ1) is 8.44. The van der Waals surface area contributed by atoms with Crippen LogP contribution in [0.25, 0.3) is 0 Å². The second-order valence-corrected chi connectivity index (χ2v) is 4.63. The average molecular weight is 255 g/mol. The smallest absolute Gasteiger partial charge is 0.158 e. The number of likely N-dealkylation sites (N-methyl/N-ethyl adjacent to an activating group) is 1. The molecule has 1 rings (SSSR count). The molecule has 0 aliphatic heterocycles. The molecule has 0 radical (unpaired) electrons. The number of hydrogen-bond acceptors (Lipinski definition) is 7. The number of aromatic nitrogens is 2. The molecule has 0 atom stereocenters. The maximum absolute atomic E-state index is 9.37. The van der Waals surface area contributed by atoms with Crippen molar-refractivity contribution < 1.29 is 9.84 Å². The van der Waals surface area contributed by atoms with E-state index in [9.17, 15) is 5.11 Å². The molecule has 0 aromatic carbocycles. The van der Waals surface area contributed by atoms with E-state index in [-0.39, 0.29) is 6.61 Å². The predicted molar refractivity (Wildman–Crippen MR) is 70.1 cm³/mol. The molecule has 0 amide bonds. The highest BCUT2D eigenvalue weighted by molar-refractivity contribution is 5.50. The summed E-state index contributed by atoms with van der Waals surface area (Å²) >= 11 is 0. The van der Waals surface area contributed by atoms with Crippen molar-refractivity contribution in [2.24, 2.45) is 5.84 Å². The molecule has 4 N–H and O–H groups in total. The van der Waals surface area contributed by atoms with Gasteiger partial charge in [-0.25, -0.2) is 15.8 Å². The highest BCUT2D eigenvalue weighted by Crippen LogP contribution is 2.22. The third-order valence-corrected chi connectivity index (χ3v) is 2.82. The maximum atomic E-state index is 9.37. The molecule has 0 unspecified atom stereocenters. The Balaban J connectivity index is 3.11. The largest absolute Gasteiger partial charge is 0.394 e. The first kappa shape index (κ1) is 14.6. The standard InChI is InChI=1S/C11H21N5O2/c1-11(2,7-17)16(3)10-5-8(15-12)13-9(14-10)6-18-4/h5,17H,6-7,12H2,1-4H3,(H,13,14,15). The Labute approximate surface area is 107 Å².